The molecule has 3 aromatic heterocycles. The minimum Gasteiger partial charge on any atom is -0.333 e. The van der Waals surface area contributed by atoms with E-state index >= 15 is 0 Å². The molecule has 0 aliphatic heterocycles. The fourth-order valence-electron chi connectivity index (χ4n) is 2.54. The van der Waals surface area contributed by atoms with Gasteiger partial charge in [0.1, 0.15) is 5.69 Å². The number of amides is 1. The van der Waals surface area contributed by atoms with Gasteiger partial charge in [-0.3, -0.25) is 9.78 Å². The normalized spacial score (nSPS) is 11.0. The number of H-pyrrole nitrogens is 1. The molecule has 27 heavy (non-hydrogen) atoms. The van der Waals surface area contributed by atoms with Crippen LogP contribution in [-0.4, -0.2) is 31.6 Å². The van der Waals surface area contributed by atoms with Crippen LogP contribution in [0, 0.1) is 0 Å². The SMILES string of the molecule is O=C(CCCSc1nc2ccccc2[nH]1)Nc1nc(-c2ccccn2)cs1. The van der Waals surface area contributed by atoms with Crippen molar-refractivity contribution < 1.29 is 4.79 Å². The molecule has 2 N–H and O–H groups in total. The second kappa shape index (κ2) is 8.32. The molecule has 1 aromatic carbocycles. The van der Waals surface area contributed by atoms with Gasteiger partial charge in [0.25, 0.3) is 0 Å². The minimum atomic E-state index is -0.0258. The van der Waals surface area contributed by atoms with E-state index in [1.54, 1.807) is 18.0 Å². The van der Waals surface area contributed by atoms with E-state index in [0.29, 0.717) is 11.6 Å². The second-order valence-electron chi connectivity index (χ2n) is 5.81. The second-order valence-corrected chi connectivity index (χ2v) is 7.75. The van der Waals surface area contributed by atoms with Gasteiger partial charge in [-0.15, -0.1) is 11.3 Å². The van der Waals surface area contributed by atoms with E-state index in [1.807, 2.05) is 47.8 Å². The van der Waals surface area contributed by atoms with Crippen LogP contribution < -0.4 is 5.32 Å². The molecular formula is C19H17N5OS2. The number of anilines is 1. The van der Waals surface area contributed by atoms with Crippen molar-refractivity contribution in [2.45, 2.75) is 18.0 Å². The largest absolute Gasteiger partial charge is 0.333 e. The number of fused-ring (bicyclic) bond motifs is 1. The van der Waals surface area contributed by atoms with Crippen LogP contribution in [0.15, 0.2) is 59.2 Å². The van der Waals surface area contributed by atoms with Crippen molar-refractivity contribution in [2.24, 2.45) is 0 Å². The quantitative estimate of drug-likeness (QED) is 0.353. The highest BCUT2D eigenvalue weighted by atomic mass is 32.2. The first-order valence-electron chi connectivity index (χ1n) is 8.52. The maximum Gasteiger partial charge on any atom is 0.226 e. The average molecular weight is 396 g/mol. The fourth-order valence-corrected chi connectivity index (χ4v) is 4.09. The number of thioether (sulfide) groups is 1. The topological polar surface area (TPSA) is 83.6 Å². The summed E-state index contributed by atoms with van der Waals surface area (Å²) in [5.74, 6) is 0.798. The number of hydrogen-bond acceptors (Lipinski definition) is 6. The predicted molar refractivity (Wildman–Crippen MR) is 110 cm³/mol. The van der Waals surface area contributed by atoms with Gasteiger partial charge in [0.05, 0.1) is 16.7 Å². The third-order valence-electron chi connectivity index (χ3n) is 3.83. The lowest BCUT2D eigenvalue weighted by molar-refractivity contribution is -0.116. The van der Waals surface area contributed by atoms with Crippen molar-refractivity contribution in [1.29, 1.82) is 0 Å². The maximum atomic E-state index is 12.1. The first-order valence-corrected chi connectivity index (χ1v) is 10.4. The van der Waals surface area contributed by atoms with Gasteiger partial charge in [0, 0.05) is 23.8 Å². The predicted octanol–water partition coefficient (Wildman–Crippen LogP) is 4.59. The van der Waals surface area contributed by atoms with Gasteiger partial charge in [-0.25, -0.2) is 9.97 Å². The number of rotatable bonds is 7. The van der Waals surface area contributed by atoms with E-state index in [0.717, 1.165) is 39.8 Å². The Morgan fingerprint density at radius 2 is 2.00 bits per heavy atom. The average Bonchev–Trinajstić information content (AvgIpc) is 3.32. The Morgan fingerprint density at radius 3 is 2.85 bits per heavy atom. The Hall–Kier alpha value is -2.71. The van der Waals surface area contributed by atoms with E-state index < -0.39 is 0 Å². The zero-order chi connectivity index (χ0) is 18.5. The van der Waals surface area contributed by atoms with E-state index in [-0.39, 0.29) is 5.91 Å². The van der Waals surface area contributed by atoms with Gasteiger partial charge in [-0.1, -0.05) is 30.0 Å². The number of thiazole rings is 1. The Morgan fingerprint density at radius 1 is 1.11 bits per heavy atom. The molecule has 0 aliphatic carbocycles. The molecule has 4 rings (SSSR count). The summed E-state index contributed by atoms with van der Waals surface area (Å²) in [6.45, 7) is 0. The summed E-state index contributed by atoms with van der Waals surface area (Å²) >= 11 is 3.04. The van der Waals surface area contributed by atoms with Crippen LogP contribution in [0.3, 0.4) is 0 Å². The minimum absolute atomic E-state index is 0.0258. The number of nitrogens with zero attached hydrogens (tertiary/aromatic N) is 3. The van der Waals surface area contributed by atoms with Crippen LogP contribution in [0.1, 0.15) is 12.8 Å². The van der Waals surface area contributed by atoms with Gasteiger partial charge >= 0.3 is 0 Å². The Kier molecular flexibility index (Phi) is 5.45. The molecule has 136 valence electrons. The summed E-state index contributed by atoms with van der Waals surface area (Å²) in [6, 6.07) is 13.6. The van der Waals surface area contributed by atoms with E-state index in [9.17, 15) is 4.79 Å². The molecule has 8 heteroatoms. The van der Waals surface area contributed by atoms with Crippen molar-refractivity contribution in [3.63, 3.8) is 0 Å². The number of benzene rings is 1. The van der Waals surface area contributed by atoms with Gasteiger partial charge < -0.3 is 10.3 Å². The molecule has 0 saturated heterocycles. The molecule has 0 atom stereocenters. The number of carbonyl (C=O) groups is 1. The van der Waals surface area contributed by atoms with Crippen LogP contribution in [-0.2, 0) is 4.79 Å². The van der Waals surface area contributed by atoms with E-state index in [4.69, 9.17) is 0 Å². The van der Waals surface area contributed by atoms with Crippen molar-refractivity contribution in [3.8, 4) is 11.4 Å². The molecule has 0 bridgehead atoms. The van der Waals surface area contributed by atoms with Crippen molar-refractivity contribution >= 4 is 45.2 Å². The number of para-hydroxylation sites is 2. The smallest absolute Gasteiger partial charge is 0.226 e. The van der Waals surface area contributed by atoms with Crippen molar-refractivity contribution in [1.82, 2.24) is 19.9 Å². The van der Waals surface area contributed by atoms with E-state index in [2.05, 4.69) is 25.3 Å². The summed E-state index contributed by atoms with van der Waals surface area (Å²) in [7, 11) is 0. The molecule has 0 aliphatic rings. The number of pyridine rings is 1. The highest BCUT2D eigenvalue weighted by Gasteiger charge is 2.09. The van der Waals surface area contributed by atoms with Crippen LogP contribution in [0.5, 0.6) is 0 Å². The number of carbonyl (C=O) groups excluding carboxylic acids is 1. The summed E-state index contributed by atoms with van der Waals surface area (Å²) in [6.07, 6.45) is 2.95. The highest BCUT2D eigenvalue weighted by molar-refractivity contribution is 7.99. The van der Waals surface area contributed by atoms with Crippen molar-refractivity contribution in [2.75, 3.05) is 11.1 Å². The lowest BCUT2D eigenvalue weighted by atomic mass is 10.3. The van der Waals surface area contributed by atoms with Crippen LogP contribution >= 0.6 is 23.1 Å². The summed E-state index contributed by atoms with van der Waals surface area (Å²) in [4.78, 5) is 28.6. The molecule has 1 amide bonds. The third-order valence-corrected chi connectivity index (χ3v) is 5.55. The van der Waals surface area contributed by atoms with Crippen LogP contribution in [0.2, 0.25) is 0 Å². The first kappa shape index (κ1) is 17.7. The number of aromatic amines is 1. The first-order chi connectivity index (χ1) is 13.3. The fraction of sp³-hybridized carbons (Fsp3) is 0.158. The molecule has 6 nitrogen and oxygen atoms in total. The Labute approximate surface area is 164 Å². The Bertz CT molecular complexity index is 1010. The van der Waals surface area contributed by atoms with Gasteiger partial charge in [0.2, 0.25) is 5.91 Å². The standard InChI is InChI=1S/C19H17N5OS2/c25-17(24-19-23-16(12-27-19)13-6-3-4-10-20-13)9-5-11-26-18-21-14-7-1-2-8-15(14)22-18/h1-4,6-8,10,12H,5,9,11H2,(H,21,22)(H,23,24,25). The molecule has 0 spiro atoms. The molecule has 4 aromatic rings. The van der Waals surface area contributed by atoms with E-state index in [1.165, 1.54) is 11.3 Å². The number of nitrogens with one attached hydrogen (secondary N) is 2. The van der Waals surface area contributed by atoms with Crippen molar-refractivity contribution in [3.05, 3.63) is 54.0 Å². The molecule has 0 fully saturated rings. The van der Waals surface area contributed by atoms with Gasteiger partial charge in [-0.2, -0.15) is 0 Å². The number of imidazole rings is 1. The lowest BCUT2D eigenvalue weighted by Crippen LogP contribution is -2.11. The van der Waals surface area contributed by atoms with Crippen LogP contribution in [0.4, 0.5) is 5.13 Å². The molecule has 0 radical (unpaired) electrons. The highest BCUT2D eigenvalue weighted by Crippen LogP contribution is 2.24. The summed E-state index contributed by atoms with van der Waals surface area (Å²) in [5, 5.41) is 6.25. The monoisotopic (exact) mass is 395 g/mol. The van der Waals surface area contributed by atoms with Gasteiger partial charge in [0.15, 0.2) is 10.3 Å². The zero-order valence-electron chi connectivity index (χ0n) is 14.4. The Balaban J connectivity index is 1.23. The maximum absolute atomic E-state index is 12.1. The lowest BCUT2D eigenvalue weighted by Gasteiger charge is -2.01. The number of hydrogen-bond donors (Lipinski definition) is 2. The summed E-state index contributed by atoms with van der Waals surface area (Å²) in [5.41, 5.74) is 3.57. The van der Waals surface area contributed by atoms with Gasteiger partial charge in [-0.05, 0) is 30.7 Å². The van der Waals surface area contributed by atoms with Crippen LogP contribution in [0.25, 0.3) is 22.4 Å². The molecule has 0 unspecified atom stereocenters. The molecule has 3 heterocycles. The molecule has 0 saturated carbocycles. The molecular weight excluding hydrogens is 378 g/mol. The number of aromatic nitrogens is 4. The zero-order valence-corrected chi connectivity index (χ0v) is 16.0. The summed E-state index contributed by atoms with van der Waals surface area (Å²) < 4.78 is 0. The third kappa shape index (κ3) is 4.53.